The van der Waals surface area contributed by atoms with Crippen molar-refractivity contribution in [2.24, 2.45) is 0 Å². The van der Waals surface area contributed by atoms with E-state index in [2.05, 4.69) is 36.1 Å². The largest absolute Gasteiger partial charge is 0.469 e. The normalized spacial score (nSPS) is 11.8. The highest BCUT2D eigenvalue weighted by atomic mass is 16.3. The van der Waals surface area contributed by atoms with Gasteiger partial charge in [0.15, 0.2) is 5.82 Å². The van der Waals surface area contributed by atoms with Gasteiger partial charge in [0.2, 0.25) is 0 Å². The van der Waals surface area contributed by atoms with E-state index >= 15 is 0 Å². The first-order chi connectivity index (χ1) is 8.46. The van der Waals surface area contributed by atoms with E-state index in [9.17, 15) is 0 Å². The molecule has 4 nitrogen and oxygen atoms in total. The summed E-state index contributed by atoms with van der Waals surface area (Å²) in [4.78, 5) is 8.83. The highest BCUT2D eigenvalue weighted by molar-refractivity contribution is 5.56. The molecule has 18 heavy (non-hydrogen) atoms. The van der Waals surface area contributed by atoms with Gasteiger partial charge in [0, 0.05) is 18.3 Å². The highest BCUT2D eigenvalue weighted by Crippen LogP contribution is 2.20. The Labute approximate surface area is 107 Å². The van der Waals surface area contributed by atoms with Gasteiger partial charge in [-0.25, -0.2) is 9.97 Å². The minimum absolute atomic E-state index is 0.0800. The summed E-state index contributed by atoms with van der Waals surface area (Å²) in [6.07, 6.45) is 3.45. The number of aromatic nitrogens is 2. The lowest BCUT2D eigenvalue weighted by molar-refractivity contribution is 0.421. The topological polar surface area (TPSA) is 51.0 Å². The summed E-state index contributed by atoms with van der Waals surface area (Å²) >= 11 is 0. The smallest absolute Gasteiger partial charge is 0.162 e. The fourth-order valence-electron chi connectivity index (χ4n) is 1.60. The zero-order chi connectivity index (χ0) is 13.2. The second-order valence-corrected chi connectivity index (χ2v) is 5.37. The van der Waals surface area contributed by atoms with Gasteiger partial charge in [-0.1, -0.05) is 0 Å². The number of rotatable bonds is 3. The maximum atomic E-state index is 5.28. The van der Waals surface area contributed by atoms with E-state index in [0.29, 0.717) is 0 Å². The number of nitrogens with zero attached hydrogens (tertiary/aromatic N) is 2. The number of hydrogen-bond acceptors (Lipinski definition) is 4. The van der Waals surface area contributed by atoms with Crippen molar-refractivity contribution in [3.63, 3.8) is 0 Å². The third-order valence-electron chi connectivity index (χ3n) is 2.61. The molecule has 0 aliphatic rings. The maximum Gasteiger partial charge on any atom is 0.162 e. The van der Waals surface area contributed by atoms with E-state index in [4.69, 9.17) is 4.42 Å². The molecular formula is C14H19N3O. The number of furan rings is 1. The molecule has 0 bridgehead atoms. The molecule has 2 aromatic heterocycles. The van der Waals surface area contributed by atoms with Crippen molar-refractivity contribution in [1.29, 1.82) is 0 Å². The molecule has 0 aromatic carbocycles. The van der Waals surface area contributed by atoms with Crippen molar-refractivity contribution in [1.82, 2.24) is 15.3 Å². The molecule has 2 heterocycles. The van der Waals surface area contributed by atoms with Gasteiger partial charge in [0.05, 0.1) is 17.5 Å². The van der Waals surface area contributed by atoms with E-state index in [1.54, 1.807) is 12.5 Å². The highest BCUT2D eigenvalue weighted by Gasteiger charge is 2.11. The van der Waals surface area contributed by atoms with Crippen molar-refractivity contribution in [2.75, 3.05) is 0 Å². The lowest BCUT2D eigenvalue weighted by Crippen LogP contribution is -2.35. The van der Waals surface area contributed by atoms with Crippen LogP contribution in [0, 0.1) is 6.92 Å². The summed E-state index contributed by atoms with van der Waals surface area (Å²) in [5.41, 5.74) is 2.01. The van der Waals surface area contributed by atoms with Crippen LogP contribution < -0.4 is 5.32 Å². The molecule has 0 fully saturated rings. The standard InChI is InChI=1S/C14H19N3O/c1-10-12(6-8-18-10)13-15-7-5-11(17-13)9-16-14(2,3)4/h5-8,16H,9H2,1-4H3. The van der Waals surface area contributed by atoms with Crippen molar-refractivity contribution >= 4 is 0 Å². The number of hydrogen-bond donors (Lipinski definition) is 1. The molecule has 2 rings (SSSR count). The van der Waals surface area contributed by atoms with Crippen LogP contribution >= 0.6 is 0 Å². The van der Waals surface area contributed by atoms with Crippen LogP contribution in [-0.4, -0.2) is 15.5 Å². The summed E-state index contributed by atoms with van der Waals surface area (Å²) < 4.78 is 5.28. The second kappa shape index (κ2) is 4.90. The van der Waals surface area contributed by atoms with Crippen LogP contribution in [0.25, 0.3) is 11.4 Å². The van der Waals surface area contributed by atoms with Gasteiger partial charge < -0.3 is 9.73 Å². The third kappa shape index (κ3) is 3.17. The Kier molecular flexibility index (Phi) is 3.48. The molecular weight excluding hydrogens is 226 g/mol. The molecule has 0 spiro atoms. The molecule has 0 aliphatic carbocycles. The Morgan fingerprint density at radius 2 is 2.06 bits per heavy atom. The Hall–Kier alpha value is -1.68. The lowest BCUT2D eigenvalue weighted by atomic mass is 10.1. The first-order valence-corrected chi connectivity index (χ1v) is 6.07. The molecule has 0 atom stereocenters. The molecule has 0 radical (unpaired) electrons. The summed E-state index contributed by atoms with van der Waals surface area (Å²) in [6.45, 7) is 9.05. The SMILES string of the molecule is Cc1occc1-c1nccc(CNC(C)(C)C)n1. The van der Waals surface area contributed by atoms with Crippen LogP contribution in [0.2, 0.25) is 0 Å². The first kappa shape index (κ1) is 12.8. The van der Waals surface area contributed by atoms with Gasteiger partial charge >= 0.3 is 0 Å². The Morgan fingerprint density at radius 1 is 1.28 bits per heavy atom. The van der Waals surface area contributed by atoms with Crippen LogP contribution in [0.1, 0.15) is 32.2 Å². The van der Waals surface area contributed by atoms with Crippen LogP contribution in [0.15, 0.2) is 29.0 Å². The third-order valence-corrected chi connectivity index (χ3v) is 2.61. The number of nitrogens with one attached hydrogen (secondary N) is 1. The van der Waals surface area contributed by atoms with Gasteiger partial charge in [-0.3, -0.25) is 0 Å². The predicted molar refractivity (Wildman–Crippen MR) is 71.1 cm³/mol. The molecule has 0 amide bonds. The first-order valence-electron chi connectivity index (χ1n) is 6.07. The maximum absolute atomic E-state index is 5.28. The Bertz CT molecular complexity index is 526. The summed E-state index contributed by atoms with van der Waals surface area (Å²) in [6, 6.07) is 3.82. The van der Waals surface area contributed by atoms with Crippen molar-refractivity contribution in [3.8, 4) is 11.4 Å². The van der Waals surface area contributed by atoms with Gasteiger partial charge in [0.25, 0.3) is 0 Å². The van der Waals surface area contributed by atoms with Gasteiger partial charge in [-0.15, -0.1) is 0 Å². The van der Waals surface area contributed by atoms with E-state index < -0.39 is 0 Å². The summed E-state index contributed by atoms with van der Waals surface area (Å²) in [5, 5.41) is 3.41. The van der Waals surface area contributed by atoms with Crippen LogP contribution in [0.4, 0.5) is 0 Å². The minimum atomic E-state index is 0.0800. The van der Waals surface area contributed by atoms with E-state index in [1.807, 2.05) is 19.1 Å². The van der Waals surface area contributed by atoms with Crippen molar-refractivity contribution < 1.29 is 4.42 Å². The fraction of sp³-hybridized carbons (Fsp3) is 0.429. The predicted octanol–water partition coefficient (Wildman–Crippen LogP) is 2.93. The molecule has 96 valence electrons. The zero-order valence-corrected chi connectivity index (χ0v) is 11.3. The van der Waals surface area contributed by atoms with Gasteiger partial charge in [-0.2, -0.15) is 0 Å². The molecule has 4 heteroatoms. The lowest BCUT2D eigenvalue weighted by Gasteiger charge is -2.20. The van der Waals surface area contributed by atoms with Crippen molar-refractivity contribution in [2.45, 2.75) is 39.8 Å². The van der Waals surface area contributed by atoms with E-state index in [1.165, 1.54) is 0 Å². The molecule has 0 saturated heterocycles. The van der Waals surface area contributed by atoms with Crippen molar-refractivity contribution in [3.05, 3.63) is 36.0 Å². The molecule has 0 aliphatic heterocycles. The molecule has 2 aromatic rings. The summed E-state index contributed by atoms with van der Waals surface area (Å²) in [5.74, 6) is 1.56. The molecule has 0 unspecified atom stereocenters. The number of aryl methyl sites for hydroxylation is 1. The van der Waals surface area contributed by atoms with Crippen LogP contribution in [0.3, 0.4) is 0 Å². The average molecular weight is 245 g/mol. The quantitative estimate of drug-likeness (QED) is 0.903. The Morgan fingerprint density at radius 3 is 2.67 bits per heavy atom. The fourth-order valence-corrected chi connectivity index (χ4v) is 1.60. The van der Waals surface area contributed by atoms with E-state index in [0.717, 1.165) is 29.4 Å². The second-order valence-electron chi connectivity index (χ2n) is 5.37. The zero-order valence-electron chi connectivity index (χ0n) is 11.3. The monoisotopic (exact) mass is 245 g/mol. The summed E-state index contributed by atoms with van der Waals surface area (Å²) in [7, 11) is 0. The van der Waals surface area contributed by atoms with E-state index in [-0.39, 0.29) is 5.54 Å². The minimum Gasteiger partial charge on any atom is -0.469 e. The molecule has 0 saturated carbocycles. The van der Waals surface area contributed by atoms with Gasteiger partial charge in [0.1, 0.15) is 5.76 Å². The van der Waals surface area contributed by atoms with Gasteiger partial charge in [-0.05, 0) is 39.8 Å². The average Bonchev–Trinajstić information content (AvgIpc) is 2.72. The van der Waals surface area contributed by atoms with Crippen LogP contribution in [0.5, 0.6) is 0 Å². The van der Waals surface area contributed by atoms with Crippen LogP contribution in [-0.2, 0) is 6.54 Å². The Balaban J connectivity index is 2.18. The molecule has 1 N–H and O–H groups in total.